The van der Waals surface area contributed by atoms with E-state index >= 15 is 0 Å². The number of rotatable bonds is 10. The number of halogens is 1. The molecule has 7 heteroatoms. The van der Waals surface area contributed by atoms with E-state index < -0.39 is 10.0 Å². The summed E-state index contributed by atoms with van der Waals surface area (Å²) in [4.78, 5) is 7.05. The molecule has 2 aromatic rings. The molecule has 0 fully saturated rings. The van der Waals surface area contributed by atoms with Crippen LogP contribution in [-0.4, -0.2) is 30.7 Å². The van der Waals surface area contributed by atoms with Crippen molar-refractivity contribution in [2.75, 3.05) is 12.3 Å². The minimum atomic E-state index is -3.19. The summed E-state index contributed by atoms with van der Waals surface area (Å²) in [6.45, 7) is 0.414. The standard InChI is InChI=1S/C16H22ClN3O2S/c17-15-7-5-14(6-8-15)9-10-20-23(21,22)11-3-1-2-4-16-12-18-13-19-16/h5-8,12-13,20H,1-4,9-11H2,(H,18,19). The Morgan fingerprint density at radius 3 is 2.57 bits per heavy atom. The van der Waals surface area contributed by atoms with E-state index in [1.165, 1.54) is 0 Å². The number of sulfonamides is 1. The van der Waals surface area contributed by atoms with Crippen molar-refractivity contribution in [3.8, 4) is 0 Å². The van der Waals surface area contributed by atoms with Crippen molar-refractivity contribution < 1.29 is 8.42 Å². The second-order valence-electron chi connectivity index (χ2n) is 5.46. The molecule has 0 saturated heterocycles. The first-order valence-corrected chi connectivity index (χ1v) is 9.78. The average molecular weight is 356 g/mol. The molecule has 1 aromatic carbocycles. The summed E-state index contributed by atoms with van der Waals surface area (Å²) < 4.78 is 26.5. The van der Waals surface area contributed by atoms with E-state index in [1.54, 1.807) is 6.33 Å². The van der Waals surface area contributed by atoms with Gasteiger partial charge in [-0.05, 0) is 43.4 Å². The van der Waals surface area contributed by atoms with Crippen LogP contribution in [0, 0.1) is 0 Å². The number of hydrogen-bond acceptors (Lipinski definition) is 3. The molecule has 2 rings (SSSR count). The number of benzene rings is 1. The summed E-state index contributed by atoms with van der Waals surface area (Å²) in [5, 5.41) is 0.684. The summed E-state index contributed by atoms with van der Waals surface area (Å²) in [7, 11) is -3.19. The summed E-state index contributed by atoms with van der Waals surface area (Å²) >= 11 is 5.82. The Hall–Kier alpha value is -1.37. The van der Waals surface area contributed by atoms with Gasteiger partial charge in [0.2, 0.25) is 10.0 Å². The maximum absolute atomic E-state index is 11.9. The first kappa shape index (κ1) is 18.0. The number of hydrogen-bond donors (Lipinski definition) is 2. The van der Waals surface area contributed by atoms with Gasteiger partial charge in [-0.2, -0.15) is 0 Å². The SMILES string of the molecule is O=S(=O)(CCCCCc1c[nH]cn1)NCCc1ccc(Cl)cc1. The van der Waals surface area contributed by atoms with Gasteiger partial charge >= 0.3 is 0 Å². The number of aromatic nitrogens is 2. The van der Waals surface area contributed by atoms with E-state index in [4.69, 9.17) is 11.6 Å². The fourth-order valence-corrected chi connectivity index (χ4v) is 3.54. The summed E-state index contributed by atoms with van der Waals surface area (Å²) in [6, 6.07) is 7.44. The Morgan fingerprint density at radius 1 is 1.09 bits per heavy atom. The Labute approximate surface area is 142 Å². The Balaban J connectivity index is 1.59. The molecule has 126 valence electrons. The van der Waals surface area contributed by atoms with Crippen LogP contribution in [0.15, 0.2) is 36.8 Å². The van der Waals surface area contributed by atoms with Crippen LogP contribution < -0.4 is 4.72 Å². The van der Waals surface area contributed by atoms with Crippen molar-refractivity contribution in [1.29, 1.82) is 0 Å². The molecule has 23 heavy (non-hydrogen) atoms. The molecule has 0 spiro atoms. The zero-order valence-electron chi connectivity index (χ0n) is 13.0. The molecule has 0 radical (unpaired) electrons. The third kappa shape index (κ3) is 7.16. The van der Waals surface area contributed by atoms with Crippen molar-refractivity contribution in [3.05, 3.63) is 53.1 Å². The fraction of sp³-hybridized carbons (Fsp3) is 0.438. The zero-order valence-corrected chi connectivity index (χ0v) is 14.5. The van der Waals surface area contributed by atoms with Crippen molar-refractivity contribution >= 4 is 21.6 Å². The number of aromatic amines is 1. The van der Waals surface area contributed by atoms with Gasteiger partial charge in [-0.25, -0.2) is 18.1 Å². The van der Waals surface area contributed by atoms with E-state index in [0.29, 0.717) is 24.4 Å². The van der Waals surface area contributed by atoms with Crippen LogP contribution in [0.2, 0.25) is 5.02 Å². The largest absolute Gasteiger partial charge is 0.351 e. The van der Waals surface area contributed by atoms with Gasteiger partial charge in [0, 0.05) is 17.8 Å². The third-order valence-electron chi connectivity index (χ3n) is 3.55. The number of unbranched alkanes of at least 4 members (excludes halogenated alkanes) is 2. The van der Waals surface area contributed by atoms with Crippen LogP contribution in [0.5, 0.6) is 0 Å². The molecular weight excluding hydrogens is 334 g/mol. The van der Waals surface area contributed by atoms with Gasteiger partial charge in [0.05, 0.1) is 17.8 Å². The summed E-state index contributed by atoms with van der Waals surface area (Å²) in [5.74, 6) is 0.175. The van der Waals surface area contributed by atoms with E-state index in [9.17, 15) is 8.42 Å². The average Bonchev–Trinajstić information content (AvgIpc) is 3.02. The Kier molecular flexibility index (Phi) is 7.08. The predicted molar refractivity (Wildman–Crippen MR) is 93.1 cm³/mol. The molecule has 0 aliphatic carbocycles. The van der Waals surface area contributed by atoms with Gasteiger partial charge in [0.25, 0.3) is 0 Å². The monoisotopic (exact) mass is 355 g/mol. The van der Waals surface area contributed by atoms with E-state index in [-0.39, 0.29) is 5.75 Å². The lowest BCUT2D eigenvalue weighted by atomic mass is 10.2. The molecule has 2 N–H and O–H groups in total. The number of nitrogens with zero attached hydrogens (tertiary/aromatic N) is 1. The maximum atomic E-state index is 11.9. The van der Waals surface area contributed by atoms with Crippen LogP contribution in [0.4, 0.5) is 0 Å². The molecule has 1 aromatic heterocycles. The lowest BCUT2D eigenvalue weighted by molar-refractivity contribution is 0.575. The summed E-state index contributed by atoms with van der Waals surface area (Å²) in [5.41, 5.74) is 2.09. The summed E-state index contributed by atoms with van der Waals surface area (Å²) in [6.07, 6.45) is 7.57. The minimum absolute atomic E-state index is 0.175. The van der Waals surface area contributed by atoms with Gasteiger partial charge in [0.15, 0.2) is 0 Å². The lowest BCUT2D eigenvalue weighted by Gasteiger charge is -2.07. The Morgan fingerprint density at radius 2 is 1.87 bits per heavy atom. The molecule has 1 heterocycles. The van der Waals surface area contributed by atoms with Gasteiger partial charge in [-0.1, -0.05) is 30.2 Å². The van der Waals surface area contributed by atoms with Gasteiger partial charge in [-0.3, -0.25) is 0 Å². The highest BCUT2D eigenvalue weighted by Gasteiger charge is 2.09. The van der Waals surface area contributed by atoms with E-state index in [2.05, 4.69) is 14.7 Å². The highest BCUT2D eigenvalue weighted by Crippen LogP contribution is 2.10. The van der Waals surface area contributed by atoms with Gasteiger partial charge in [-0.15, -0.1) is 0 Å². The second kappa shape index (κ2) is 9.05. The highest BCUT2D eigenvalue weighted by atomic mass is 35.5. The molecule has 0 amide bonds. The topological polar surface area (TPSA) is 74.8 Å². The van der Waals surface area contributed by atoms with Crippen LogP contribution >= 0.6 is 11.6 Å². The number of aryl methyl sites for hydroxylation is 1. The van der Waals surface area contributed by atoms with E-state index in [0.717, 1.165) is 30.5 Å². The van der Waals surface area contributed by atoms with Gasteiger partial charge in [0.1, 0.15) is 0 Å². The molecule has 0 aliphatic rings. The third-order valence-corrected chi connectivity index (χ3v) is 5.27. The van der Waals surface area contributed by atoms with Crippen LogP contribution in [0.1, 0.15) is 30.5 Å². The van der Waals surface area contributed by atoms with Crippen LogP contribution in [0.3, 0.4) is 0 Å². The number of imidazole rings is 1. The fourth-order valence-electron chi connectivity index (χ4n) is 2.28. The number of H-pyrrole nitrogens is 1. The molecule has 0 atom stereocenters. The van der Waals surface area contributed by atoms with Crippen LogP contribution in [-0.2, 0) is 22.9 Å². The highest BCUT2D eigenvalue weighted by molar-refractivity contribution is 7.89. The van der Waals surface area contributed by atoms with Crippen molar-refractivity contribution in [1.82, 2.24) is 14.7 Å². The zero-order chi connectivity index (χ0) is 16.5. The van der Waals surface area contributed by atoms with Crippen molar-refractivity contribution in [2.24, 2.45) is 0 Å². The normalized spacial score (nSPS) is 11.7. The minimum Gasteiger partial charge on any atom is -0.351 e. The number of nitrogens with one attached hydrogen (secondary N) is 2. The quantitative estimate of drug-likeness (QED) is 0.643. The first-order valence-electron chi connectivity index (χ1n) is 7.74. The van der Waals surface area contributed by atoms with Crippen LogP contribution in [0.25, 0.3) is 0 Å². The smallest absolute Gasteiger partial charge is 0.211 e. The van der Waals surface area contributed by atoms with Crippen molar-refractivity contribution in [3.63, 3.8) is 0 Å². The molecule has 0 aliphatic heterocycles. The Bertz CT molecular complexity index is 670. The molecule has 0 unspecified atom stereocenters. The van der Waals surface area contributed by atoms with Crippen molar-refractivity contribution in [2.45, 2.75) is 32.1 Å². The van der Waals surface area contributed by atoms with Gasteiger partial charge < -0.3 is 4.98 Å². The second-order valence-corrected chi connectivity index (χ2v) is 7.82. The first-order chi connectivity index (χ1) is 11.1. The molecule has 5 nitrogen and oxygen atoms in total. The van der Waals surface area contributed by atoms with E-state index in [1.807, 2.05) is 30.5 Å². The predicted octanol–water partition coefficient (Wildman–Crippen LogP) is 2.94. The molecular formula is C16H22ClN3O2S. The molecule has 0 bridgehead atoms. The lowest BCUT2D eigenvalue weighted by Crippen LogP contribution is -2.28. The molecule has 0 saturated carbocycles. The maximum Gasteiger partial charge on any atom is 0.211 e.